The Kier molecular flexibility index (Phi) is 6.31. The number of ether oxygens (including phenoxy) is 1. The second-order valence-corrected chi connectivity index (χ2v) is 4.77. The monoisotopic (exact) mass is 298 g/mol. The lowest BCUT2D eigenvalue weighted by atomic mass is 10.1. The molecule has 0 heterocycles. The van der Waals surface area contributed by atoms with Gasteiger partial charge in [-0.3, -0.25) is 9.59 Å². The predicted octanol–water partition coefficient (Wildman–Crippen LogP) is 1.99. The predicted molar refractivity (Wildman–Crippen MR) is 78.2 cm³/mol. The summed E-state index contributed by atoms with van der Waals surface area (Å²) in [5, 5.41) is 5.82. The van der Waals surface area contributed by atoms with Crippen LogP contribution in [0.3, 0.4) is 0 Å². The number of benzene rings is 1. The van der Waals surface area contributed by atoms with Gasteiger partial charge in [-0.05, 0) is 31.5 Å². The molecule has 0 aliphatic heterocycles. The van der Waals surface area contributed by atoms with Crippen LogP contribution in [0.1, 0.15) is 30.6 Å². The van der Waals surface area contributed by atoms with Gasteiger partial charge in [0.1, 0.15) is 11.8 Å². The van der Waals surface area contributed by atoms with Crippen molar-refractivity contribution >= 4 is 23.4 Å². The normalized spacial score (nSPS) is 11.6. The number of carbonyl (C=O) groups excluding carboxylic acids is 2. The highest BCUT2D eigenvalue weighted by Crippen LogP contribution is 2.23. The molecule has 5 nitrogen and oxygen atoms in total. The maximum absolute atomic E-state index is 12.1. The van der Waals surface area contributed by atoms with Crippen LogP contribution in [0.15, 0.2) is 18.2 Å². The molecule has 1 rings (SSSR count). The minimum atomic E-state index is -0.616. The Bertz CT molecular complexity index is 491. The molecule has 2 amide bonds. The second kappa shape index (κ2) is 7.75. The Labute approximate surface area is 123 Å². The Morgan fingerprint density at radius 2 is 2.10 bits per heavy atom. The van der Waals surface area contributed by atoms with Crippen molar-refractivity contribution < 1.29 is 14.3 Å². The van der Waals surface area contributed by atoms with E-state index in [1.807, 2.05) is 6.92 Å². The molecule has 0 bridgehead atoms. The van der Waals surface area contributed by atoms with Crippen molar-refractivity contribution in [2.75, 3.05) is 13.7 Å². The number of hydrogen-bond acceptors (Lipinski definition) is 3. The fourth-order valence-corrected chi connectivity index (χ4v) is 1.76. The topological polar surface area (TPSA) is 67.4 Å². The van der Waals surface area contributed by atoms with E-state index >= 15 is 0 Å². The van der Waals surface area contributed by atoms with Crippen molar-refractivity contribution in [3.63, 3.8) is 0 Å². The van der Waals surface area contributed by atoms with E-state index in [4.69, 9.17) is 16.3 Å². The third-order valence-corrected chi connectivity index (χ3v) is 2.93. The van der Waals surface area contributed by atoms with Gasteiger partial charge in [-0.1, -0.05) is 18.5 Å². The molecule has 0 aliphatic carbocycles. The lowest BCUT2D eigenvalue weighted by Crippen LogP contribution is -2.45. The summed E-state index contributed by atoms with van der Waals surface area (Å²) in [6.45, 7) is 4.18. The van der Waals surface area contributed by atoms with Crippen LogP contribution in [0.4, 0.5) is 0 Å². The molecule has 110 valence electrons. The average molecular weight is 299 g/mol. The van der Waals surface area contributed by atoms with Crippen LogP contribution in [-0.2, 0) is 4.79 Å². The molecule has 0 saturated carbocycles. The first-order valence-electron chi connectivity index (χ1n) is 6.41. The van der Waals surface area contributed by atoms with Crippen LogP contribution in [-0.4, -0.2) is 31.5 Å². The van der Waals surface area contributed by atoms with Crippen molar-refractivity contribution in [3.8, 4) is 5.75 Å². The third kappa shape index (κ3) is 4.42. The van der Waals surface area contributed by atoms with Gasteiger partial charge in [0.05, 0.1) is 12.7 Å². The van der Waals surface area contributed by atoms with Crippen molar-refractivity contribution in [1.29, 1.82) is 0 Å². The maximum Gasteiger partial charge on any atom is 0.255 e. The van der Waals surface area contributed by atoms with Gasteiger partial charge in [0.15, 0.2) is 0 Å². The van der Waals surface area contributed by atoms with Crippen molar-refractivity contribution in [2.24, 2.45) is 0 Å². The Balaban J connectivity index is 2.73. The van der Waals surface area contributed by atoms with Crippen LogP contribution >= 0.6 is 11.6 Å². The summed E-state index contributed by atoms with van der Waals surface area (Å²) < 4.78 is 5.11. The van der Waals surface area contributed by atoms with Crippen molar-refractivity contribution in [3.05, 3.63) is 28.8 Å². The summed E-state index contributed by atoms with van der Waals surface area (Å²) in [6.07, 6.45) is 0.845. The lowest BCUT2D eigenvalue weighted by molar-refractivity contribution is -0.122. The van der Waals surface area contributed by atoms with Gasteiger partial charge in [0, 0.05) is 11.6 Å². The number of halogens is 1. The molecule has 0 fully saturated rings. The highest BCUT2D eigenvalue weighted by molar-refractivity contribution is 6.30. The van der Waals surface area contributed by atoms with Crippen molar-refractivity contribution in [1.82, 2.24) is 10.6 Å². The minimum absolute atomic E-state index is 0.215. The van der Waals surface area contributed by atoms with Crippen LogP contribution in [0, 0.1) is 0 Å². The Morgan fingerprint density at radius 1 is 1.40 bits per heavy atom. The molecule has 1 atom stereocenters. The summed E-state index contributed by atoms with van der Waals surface area (Å²) in [6, 6.07) is 4.10. The fraction of sp³-hybridized carbons (Fsp3) is 0.429. The third-order valence-electron chi connectivity index (χ3n) is 2.70. The van der Waals surface area contributed by atoms with E-state index in [9.17, 15) is 9.59 Å². The first-order valence-corrected chi connectivity index (χ1v) is 6.79. The fourth-order valence-electron chi connectivity index (χ4n) is 1.59. The number of hydrogen-bond donors (Lipinski definition) is 2. The van der Waals surface area contributed by atoms with Gasteiger partial charge in [-0.2, -0.15) is 0 Å². The second-order valence-electron chi connectivity index (χ2n) is 4.33. The Hall–Kier alpha value is -1.75. The van der Waals surface area contributed by atoms with E-state index in [-0.39, 0.29) is 11.8 Å². The zero-order valence-electron chi connectivity index (χ0n) is 11.8. The molecule has 0 spiro atoms. The molecule has 2 N–H and O–H groups in total. The molecule has 0 aliphatic rings. The van der Waals surface area contributed by atoms with Crippen LogP contribution < -0.4 is 15.4 Å². The number of amides is 2. The molecule has 6 heteroatoms. The zero-order chi connectivity index (χ0) is 15.1. The number of rotatable bonds is 6. The first-order chi connectivity index (χ1) is 9.49. The summed E-state index contributed by atoms with van der Waals surface area (Å²) in [5.41, 5.74) is 0.340. The van der Waals surface area contributed by atoms with Crippen molar-refractivity contribution in [2.45, 2.75) is 26.3 Å². The molecule has 0 saturated heterocycles. The lowest BCUT2D eigenvalue weighted by Gasteiger charge is -2.15. The first kappa shape index (κ1) is 16.3. The Morgan fingerprint density at radius 3 is 2.70 bits per heavy atom. The van der Waals surface area contributed by atoms with Gasteiger partial charge in [0.25, 0.3) is 5.91 Å². The highest BCUT2D eigenvalue weighted by atomic mass is 35.5. The molecule has 0 radical (unpaired) electrons. The smallest absolute Gasteiger partial charge is 0.255 e. The van der Waals surface area contributed by atoms with Gasteiger partial charge < -0.3 is 15.4 Å². The van der Waals surface area contributed by atoms with E-state index in [1.54, 1.807) is 25.1 Å². The van der Waals surface area contributed by atoms with Crippen LogP contribution in [0.5, 0.6) is 5.75 Å². The van der Waals surface area contributed by atoms with Crippen LogP contribution in [0.2, 0.25) is 5.02 Å². The van der Waals surface area contributed by atoms with Gasteiger partial charge in [0.2, 0.25) is 5.91 Å². The van der Waals surface area contributed by atoms with Crippen LogP contribution in [0.25, 0.3) is 0 Å². The number of carbonyl (C=O) groups is 2. The largest absolute Gasteiger partial charge is 0.496 e. The molecular weight excluding hydrogens is 280 g/mol. The summed E-state index contributed by atoms with van der Waals surface area (Å²) >= 11 is 5.84. The number of methoxy groups -OCH3 is 1. The molecule has 1 aromatic rings. The van der Waals surface area contributed by atoms with Gasteiger partial charge in [-0.25, -0.2) is 0 Å². The zero-order valence-corrected chi connectivity index (χ0v) is 12.6. The summed E-state index contributed by atoms with van der Waals surface area (Å²) in [4.78, 5) is 23.8. The average Bonchev–Trinajstić information content (AvgIpc) is 2.44. The minimum Gasteiger partial charge on any atom is -0.496 e. The molecular formula is C14H19ClN2O3. The molecule has 0 aromatic heterocycles. The number of nitrogens with one attached hydrogen (secondary N) is 2. The van der Waals surface area contributed by atoms with E-state index in [0.717, 1.165) is 6.42 Å². The molecule has 20 heavy (non-hydrogen) atoms. The van der Waals surface area contributed by atoms with E-state index in [2.05, 4.69) is 10.6 Å². The van der Waals surface area contributed by atoms with E-state index in [0.29, 0.717) is 22.9 Å². The summed E-state index contributed by atoms with van der Waals surface area (Å²) in [5.74, 6) is -0.220. The van der Waals surface area contributed by atoms with Gasteiger partial charge in [-0.15, -0.1) is 0 Å². The maximum atomic E-state index is 12.1. The SMILES string of the molecule is CCCNC(=O)[C@H](C)NC(=O)c1ccc(Cl)cc1OC. The molecule has 0 unspecified atom stereocenters. The quantitative estimate of drug-likeness (QED) is 0.844. The van der Waals surface area contributed by atoms with E-state index in [1.165, 1.54) is 7.11 Å². The molecule has 1 aromatic carbocycles. The van der Waals surface area contributed by atoms with Gasteiger partial charge >= 0.3 is 0 Å². The highest BCUT2D eigenvalue weighted by Gasteiger charge is 2.18. The summed E-state index contributed by atoms with van der Waals surface area (Å²) in [7, 11) is 1.46. The van der Waals surface area contributed by atoms with E-state index < -0.39 is 6.04 Å². The standard InChI is InChI=1S/C14H19ClN2O3/c1-4-7-16-13(18)9(2)17-14(19)11-6-5-10(15)8-12(11)20-3/h5-6,8-9H,4,7H2,1-3H3,(H,16,18)(H,17,19)/t9-/m0/s1.